The number of nitrogens with zero attached hydrogens (tertiary/aromatic N) is 4. The highest BCUT2D eigenvalue weighted by atomic mass is 19.4. The highest BCUT2D eigenvalue weighted by Gasteiger charge is 2.38. The van der Waals surface area contributed by atoms with Gasteiger partial charge >= 0.3 is 6.18 Å². The number of pyridine rings is 1. The number of aromatic nitrogens is 1. The fourth-order valence-electron chi connectivity index (χ4n) is 3.42. The maximum absolute atomic E-state index is 12.6. The van der Waals surface area contributed by atoms with E-state index in [-0.39, 0.29) is 44.4 Å². The maximum atomic E-state index is 12.6. The third kappa shape index (κ3) is 4.72. The van der Waals surface area contributed by atoms with Gasteiger partial charge in [-0.05, 0) is 12.1 Å². The molecule has 3 heterocycles. The summed E-state index contributed by atoms with van der Waals surface area (Å²) in [6, 6.07) is 5.45. The summed E-state index contributed by atoms with van der Waals surface area (Å²) in [5.41, 5.74) is 0.759. The molecule has 2 amide bonds. The first kappa shape index (κ1) is 18.6. The Morgan fingerprint density at radius 2 is 1.92 bits per heavy atom. The van der Waals surface area contributed by atoms with E-state index in [9.17, 15) is 22.8 Å². The van der Waals surface area contributed by atoms with Gasteiger partial charge in [-0.15, -0.1) is 0 Å². The monoisotopic (exact) mass is 370 g/mol. The predicted molar refractivity (Wildman–Crippen MR) is 86.8 cm³/mol. The highest BCUT2D eigenvalue weighted by molar-refractivity contribution is 5.89. The molecule has 3 rings (SSSR count). The van der Waals surface area contributed by atoms with Crippen LogP contribution in [0.1, 0.15) is 12.1 Å². The van der Waals surface area contributed by atoms with E-state index in [1.54, 1.807) is 22.1 Å². The molecule has 1 aromatic heterocycles. The van der Waals surface area contributed by atoms with Gasteiger partial charge < -0.3 is 9.80 Å². The van der Waals surface area contributed by atoms with Crippen LogP contribution in [0.4, 0.5) is 13.2 Å². The zero-order chi connectivity index (χ0) is 18.7. The largest absolute Gasteiger partial charge is 0.401 e. The van der Waals surface area contributed by atoms with Crippen molar-refractivity contribution in [3.05, 3.63) is 30.1 Å². The number of amides is 2. The molecule has 1 atom stereocenters. The summed E-state index contributed by atoms with van der Waals surface area (Å²) in [6.45, 7) is 0.668. The van der Waals surface area contributed by atoms with Gasteiger partial charge in [0.15, 0.2) is 0 Å². The number of halogens is 3. The van der Waals surface area contributed by atoms with Crippen molar-refractivity contribution >= 4 is 11.8 Å². The summed E-state index contributed by atoms with van der Waals surface area (Å²) in [7, 11) is 0. The lowest BCUT2D eigenvalue weighted by atomic mass is 10.1. The Labute approximate surface area is 149 Å². The number of hydrogen-bond donors (Lipinski definition) is 0. The molecule has 2 aliphatic heterocycles. The predicted octanol–water partition coefficient (Wildman–Crippen LogP) is 1.14. The molecule has 0 aromatic carbocycles. The summed E-state index contributed by atoms with van der Waals surface area (Å²) in [6.07, 6.45) is -2.43. The van der Waals surface area contributed by atoms with Gasteiger partial charge in [-0.2, -0.15) is 13.2 Å². The molecule has 2 fully saturated rings. The Morgan fingerprint density at radius 1 is 1.19 bits per heavy atom. The molecule has 0 saturated carbocycles. The average Bonchev–Trinajstić information content (AvgIpc) is 2.95. The van der Waals surface area contributed by atoms with Gasteiger partial charge in [0, 0.05) is 45.3 Å². The standard InChI is InChI=1S/C17H21F3N4O2/c18-17(19,20)12-22-5-7-23(8-6-22)16(26)13-9-15(25)24(10-13)11-14-3-1-2-4-21-14/h1-4,13H,5-12H2/t13-/m1/s1. The number of carbonyl (C=O) groups is 2. The molecular formula is C17H21F3N4O2. The minimum absolute atomic E-state index is 0.0929. The van der Waals surface area contributed by atoms with Gasteiger partial charge in [0.1, 0.15) is 0 Å². The Bertz CT molecular complexity index is 645. The smallest absolute Gasteiger partial charge is 0.340 e. The van der Waals surface area contributed by atoms with Gasteiger partial charge in [0.05, 0.1) is 24.7 Å². The number of piperazine rings is 1. The first-order valence-electron chi connectivity index (χ1n) is 8.57. The second-order valence-corrected chi connectivity index (χ2v) is 6.71. The molecular weight excluding hydrogens is 349 g/mol. The van der Waals surface area contributed by atoms with Gasteiger partial charge in [-0.3, -0.25) is 19.5 Å². The number of likely N-dealkylation sites (tertiary alicyclic amines) is 1. The third-order valence-corrected chi connectivity index (χ3v) is 4.73. The summed E-state index contributed by atoms with van der Waals surface area (Å²) in [5, 5.41) is 0. The molecule has 0 spiro atoms. The van der Waals surface area contributed by atoms with Gasteiger partial charge in [-0.25, -0.2) is 0 Å². The Kier molecular flexibility index (Phi) is 5.45. The van der Waals surface area contributed by atoms with Crippen LogP contribution in [-0.4, -0.2) is 76.9 Å². The Balaban J connectivity index is 1.51. The van der Waals surface area contributed by atoms with Crippen LogP contribution in [0.3, 0.4) is 0 Å². The van der Waals surface area contributed by atoms with E-state index in [1.807, 2.05) is 12.1 Å². The SMILES string of the molecule is O=C1C[C@@H](C(=O)N2CCN(CC(F)(F)F)CC2)CN1Cc1ccccn1. The van der Waals surface area contributed by atoms with E-state index in [0.717, 1.165) is 5.69 Å². The molecule has 0 bridgehead atoms. The first-order valence-corrected chi connectivity index (χ1v) is 8.57. The second-order valence-electron chi connectivity index (χ2n) is 6.71. The lowest BCUT2D eigenvalue weighted by molar-refractivity contribution is -0.152. The van der Waals surface area contributed by atoms with Crippen molar-refractivity contribution in [2.24, 2.45) is 5.92 Å². The fraction of sp³-hybridized carbons (Fsp3) is 0.588. The number of hydrogen-bond acceptors (Lipinski definition) is 4. The van der Waals surface area contributed by atoms with Crippen LogP contribution in [0.5, 0.6) is 0 Å². The number of rotatable bonds is 4. The molecule has 0 unspecified atom stereocenters. The van der Waals surface area contributed by atoms with Gasteiger partial charge in [-0.1, -0.05) is 6.07 Å². The van der Waals surface area contributed by atoms with Crippen LogP contribution < -0.4 is 0 Å². The van der Waals surface area contributed by atoms with Crippen molar-refractivity contribution in [3.63, 3.8) is 0 Å². The first-order chi connectivity index (χ1) is 12.3. The van der Waals surface area contributed by atoms with Crippen molar-refractivity contribution in [3.8, 4) is 0 Å². The van der Waals surface area contributed by atoms with E-state index in [0.29, 0.717) is 13.1 Å². The molecule has 1 aromatic rings. The van der Waals surface area contributed by atoms with Crippen molar-refractivity contribution < 1.29 is 22.8 Å². The summed E-state index contributed by atoms with van der Waals surface area (Å²) in [5.74, 6) is -0.668. The molecule has 26 heavy (non-hydrogen) atoms. The van der Waals surface area contributed by atoms with Crippen LogP contribution in [0, 0.1) is 5.92 Å². The van der Waals surface area contributed by atoms with Crippen molar-refractivity contribution in [2.45, 2.75) is 19.1 Å². The molecule has 0 N–H and O–H groups in total. The van der Waals surface area contributed by atoms with E-state index in [2.05, 4.69) is 4.98 Å². The normalized spacial score (nSPS) is 22.1. The zero-order valence-corrected chi connectivity index (χ0v) is 14.3. The van der Waals surface area contributed by atoms with E-state index in [4.69, 9.17) is 0 Å². The Hall–Kier alpha value is -2.16. The van der Waals surface area contributed by atoms with Gasteiger partial charge in [0.25, 0.3) is 0 Å². The molecule has 0 radical (unpaired) electrons. The van der Waals surface area contributed by atoms with Crippen LogP contribution in [-0.2, 0) is 16.1 Å². The summed E-state index contributed by atoms with van der Waals surface area (Å²) >= 11 is 0. The molecule has 142 valence electrons. The maximum Gasteiger partial charge on any atom is 0.401 e. The summed E-state index contributed by atoms with van der Waals surface area (Å²) < 4.78 is 37.3. The van der Waals surface area contributed by atoms with Crippen LogP contribution in [0.25, 0.3) is 0 Å². The summed E-state index contributed by atoms with van der Waals surface area (Å²) in [4.78, 5) is 33.5. The van der Waals surface area contributed by atoms with Crippen LogP contribution >= 0.6 is 0 Å². The topological polar surface area (TPSA) is 56.8 Å². The molecule has 0 aliphatic carbocycles. The quantitative estimate of drug-likeness (QED) is 0.798. The molecule has 9 heteroatoms. The van der Waals surface area contributed by atoms with E-state index in [1.165, 1.54) is 4.90 Å². The molecule has 6 nitrogen and oxygen atoms in total. The van der Waals surface area contributed by atoms with Crippen molar-refractivity contribution in [2.75, 3.05) is 39.3 Å². The van der Waals surface area contributed by atoms with Crippen LogP contribution in [0.2, 0.25) is 0 Å². The van der Waals surface area contributed by atoms with Crippen molar-refractivity contribution in [1.29, 1.82) is 0 Å². The van der Waals surface area contributed by atoms with E-state index >= 15 is 0 Å². The minimum atomic E-state index is -4.23. The van der Waals surface area contributed by atoms with Gasteiger partial charge in [0.2, 0.25) is 11.8 Å². The fourth-order valence-corrected chi connectivity index (χ4v) is 3.42. The molecule has 2 aliphatic rings. The van der Waals surface area contributed by atoms with Crippen LogP contribution in [0.15, 0.2) is 24.4 Å². The van der Waals surface area contributed by atoms with E-state index < -0.39 is 18.6 Å². The lowest BCUT2D eigenvalue weighted by Crippen LogP contribution is -2.52. The molecule has 2 saturated heterocycles. The van der Waals surface area contributed by atoms with Crippen molar-refractivity contribution in [1.82, 2.24) is 19.7 Å². The minimum Gasteiger partial charge on any atom is -0.340 e. The number of alkyl halides is 3. The Morgan fingerprint density at radius 3 is 2.54 bits per heavy atom. The average molecular weight is 370 g/mol. The zero-order valence-electron chi connectivity index (χ0n) is 14.3. The number of carbonyl (C=O) groups excluding carboxylic acids is 2. The third-order valence-electron chi connectivity index (χ3n) is 4.73. The second kappa shape index (κ2) is 7.61. The highest BCUT2D eigenvalue weighted by Crippen LogP contribution is 2.23. The lowest BCUT2D eigenvalue weighted by Gasteiger charge is -2.36.